The van der Waals surface area contributed by atoms with E-state index in [1.807, 2.05) is 12.1 Å². The Kier molecular flexibility index (Phi) is 5.70. The molecule has 0 aliphatic carbocycles. The number of hydrogen-bond acceptors (Lipinski definition) is 6. The van der Waals surface area contributed by atoms with Crippen LogP contribution >= 0.6 is 0 Å². The second-order valence-corrected chi connectivity index (χ2v) is 5.92. The zero-order chi connectivity index (χ0) is 19.1. The summed E-state index contributed by atoms with van der Waals surface area (Å²) < 4.78 is 0. The Labute approximate surface area is 157 Å². The highest BCUT2D eigenvalue weighted by Gasteiger charge is 2.14. The third-order valence-corrected chi connectivity index (χ3v) is 3.95. The van der Waals surface area contributed by atoms with Gasteiger partial charge in [-0.05, 0) is 48.4 Å². The second kappa shape index (κ2) is 8.54. The van der Waals surface area contributed by atoms with Gasteiger partial charge in [-0.15, -0.1) is 0 Å². The molecule has 1 aromatic carbocycles. The van der Waals surface area contributed by atoms with Gasteiger partial charge in [0.15, 0.2) is 0 Å². The van der Waals surface area contributed by atoms with Gasteiger partial charge in [0.1, 0.15) is 5.69 Å². The first-order valence-corrected chi connectivity index (χ1v) is 8.40. The van der Waals surface area contributed by atoms with E-state index in [2.05, 4.69) is 26.3 Å². The minimum absolute atomic E-state index is 0.180. The topological polar surface area (TPSA) is 94.8 Å². The molecular formula is C20H18N6O. The molecule has 27 heavy (non-hydrogen) atoms. The number of benzene rings is 1. The maximum absolute atomic E-state index is 12.6. The lowest BCUT2D eigenvalue weighted by Crippen LogP contribution is -2.29. The molecule has 0 aliphatic rings. The van der Waals surface area contributed by atoms with Crippen LogP contribution in [0.4, 0.5) is 11.6 Å². The number of likely N-dealkylation sites (N-methyl/N-ethyl adjacent to an activating group) is 1. The molecule has 134 valence electrons. The summed E-state index contributed by atoms with van der Waals surface area (Å²) in [4.78, 5) is 26.7. The van der Waals surface area contributed by atoms with Crippen LogP contribution in [0.2, 0.25) is 0 Å². The van der Waals surface area contributed by atoms with Gasteiger partial charge in [0.2, 0.25) is 5.95 Å². The Morgan fingerprint density at radius 1 is 1.19 bits per heavy atom. The van der Waals surface area contributed by atoms with Gasteiger partial charge in [-0.2, -0.15) is 5.26 Å². The molecule has 0 radical (unpaired) electrons. The van der Waals surface area contributed by atoms with Crippen molar-refractivity contribution in [2.75, 3.05) is 18.9 Å². The maximum Gasteiger partial charge on any atom is 0.272 e. The molecule has 0 spiro atoms. The fourth-order valence-corrected chi connectivity index (χ4v) is 2.48. The van der Waals surface area contributed by atoms with Gasteiger partial charge >= 0.3 is 0 Å². The Morgan fingerprint density at radius 3 is 2.78 bits per heavy atom. The molecule has 7 heteroatoms. The normalized spacial score (nSPS) is 10.1. The van der Waals surface area contributed by atoms with Crippen LogP contribution in [-0.2, 0) is 6.42 Å². The van der Waals surface area contributed by atoms with Crippen molar-refractivity contribution in [3.63, 3.8) is 0 Å². The molecule has 0 bridgehead atoms. The standard InChI is InChI=1S/C20H18N6O/c1-26(12-8-15-5-9-22-10-6-15)19(27)18-7-11-23-20(25-18)24-17-4-2-3-16(13-17)14-21/h2-7,9-11,13H,8,12H2,1H3,(H,23,24,25). The Hall–Kier alpha value is -3.79. The highest BCUT2D eigenvalue weighted by atomic mass is 16.2. The number of nitrogens with zero attached hydrogens (tertiary/aromatic N) is 5. The van der Waals surface area contributed by atoms with Crippen molar-refractivity contribution in [3.8, 4) is 6.07 Å². The van der Waals surface area contributed by atoms with Crippen LogP contribution in [0.3, 0.4) is 0 Å². The molecular weight excluding hydrogens is 340 g/mol. The molecule has 0 atom stereocenters. The average Bonchev–Trinajstić information content (AvgIpc) is 2.72. The number of hydrogen-bond donors (Lipinski definition) is 1. The molecule has 2 aromatic heterocycles. The van der Waals surface area contributed by atoms with Crippen LogP contribution < -0.4 is 5.32 Å². The highest BCUT2D eigenvalue weighted by Crippen LogP contribution is 2.15. The van der Waals surface area contributed by atoms with Crippen molar-refractivity contribution in [1.82, 2.24) is 19.9 Å². The minimum Gasteiger partial charge on any atom is -0.340 e. The number of carbonyl (C=O) groups is 1. The van der Waals surface area contributed by atoms with Crippen molar-refractivity contribution >= 4 is 17.5 Å². The molecule has 7 nitrogen and oxygen atoms in total. The summed E-state index contributed by atoms with van der Waals surface area (Å²) in [5.41, 5.74) is 2.64. The van der Waals surface area contributed by atoms with E-state index in [-0.39, 0.29) is 5.91 Å². The van der Waals surface area contributed by atoms with Gasteiger partial charge in [-0.3, -0.25) is 9.78 Å². The zero-order valence-electron chi connectivity index (χ0n) is 14.8. The highest BCUT2D eigenvalue weighted by molar-refractivity contribution is 5.92. The third kappa shape index (κ3) is 4.86. The van der Waals surface area contributed by atoms with E-state index in [0.717, 1.165) is 12.0 Å². The number of aromatic nitrogens is 3. The fraction of sp³-hybridized carbons (Fsp3) is 0.150. The summed E-state index contributed by atoms with van der Waals surface area (Å²) in [5, 5.41) is 12.0. The van der Waals surface area contributed by atoms with Gasteiger partial charge in [0.05, 0.1) is 11.6 Å². The van der Waals surface area contributed by atoms with E-state index >= 15 is 0 Å². The first-order chi connectivity index (χ1) is 13.2. The number of nitriles is 1. The number of carbonyl (C=O) groups excluding carboxylic acids is 1. The van der Waals surface area contributed by atoms with Crippen LogP contribution in [0.5, 0.6) is 0 Å². The number of pyridine rings is 1. The van der Waals surface area contributed by atoms with E-state index in [1.54, 1.807) is 54.7 Å². The first kappa shape index (κ1) is 18.0. The predicted octanol–water partition coefficient (Wildman–Crippen LogP) is 2.80. The van der Waals surface area contributed by atoms with E-state index < -0.39 is 0 Å². The fourth-order valence-electron chi connectivity index (χ4n) is 2.48. The number of rotatable bonds is 6. The Balaban J connectivity index is 1.66. The van der Waals surface area contributed by atoms with E-state index in [0.29, 0.717) is 29.4 Å². The SMILES string of the molecule is CN(CCc1ccncc1)C(=O)c1ccnc(Nc2cccc(C#N)c2)n1. The molecule has 1 amide bonds. The smallest absolute Gasteiger partial charge is 0.272 e. The Morgan fingerprint density at radius 2 is 2.00 bits per heavy atom. The minimum atomic E-state index is -0.180. The molecule has 0 unspecified atom stereocenters. The molecule has 3 rings (SSSR count). The monoisotopic (exact) mass is 358 g/mol. The average molecular weight is 358 g/mol. The number of nitrogens with one attached hydrogen (secondary N) is 1. The van der Waals surface area contributed by atoms with E-state index in [1.165, 1.54) is 6.20 Å². The van der Waals surface area contributed by atoms with Crippen LogP contribution in [0.25, 0.3) is 0 Å². The third-order valence-electron chi connectivity index (χ3n) is 3.95. The van der Waals surface area contributed by atoms with Crippen LogP contribution in [0, 0.1) is 11.3 Å². The molecule has 0 saturated heterocycles. The quantitative estimate of drug-likeness (QED) is 0.728. The second-order valence-electron chi connectivity index (χ2n) is 5.92. The van der Waals surface area contributed by atoms with Gasteiger partial charge in [-0.25, -0.2) is 9.97 Å². The lowest BCUT2D eigenvalue weighted by molar-refractivity contribution is 0.0791. The summed E-state index contributed by atoms with van der Waals surface area (Å²) in [7, 11) is 1.75. The first-order valence-electron chi connectivity index (χ1n) is 8.40. The molecule has 0 aliphatic heterocycles. The van der Waals surface area contributed by atoms with Crippen molar-refractivity contribution < 1.29 is 4.79 Å². The van der Waals surface area contributed by atoms with Crippen LogP contribution in [-0.4, -0.2) is 39.4 Å². The largest absolute Gasteiger partial charge is 0.340 e. The maximum atomic E-state index is 12.6. The summed E-state index contributed by atoms with van der Waals surface area (Å²) in [6.45, 7) is 0.569. The molecule has 2 heterocycles. The van der Waals surface area contributed by atoms with Crippen molar-refractivity contribution in [2.45, 2.75) is 6.42 Å². The van der Waals surface area contributed by atoms with Crippen molar-refractivity contribution in [2.24, 2.45) is 0 Å². The van der Waals surface area contributed by atoms with E-state index in [9.17, 15) is 4.79 Å². The molecule has 0 fully saturated rings. The van der Waals surface area contributed by atoms with Gasteiger partial charge in [-0.1, -0.05) is 6.07 Å². The number of anilines is 2. The van der Waals surface area contributed by atoms with Gasteiger partial charge < -0.3 is 10.2 Å². The van der Waals surface area contributed by atoms with Crippen LogP contribution in [0.15, 0.2) is 61.1 Å². The number of amides is 1. The van der Waals surface area contributed by atoms with Crippen LogP contribution in [0.1, 0.15) is 21.6 Å². The molecule has 1 N–H and O–H groups in total. The summed E-state index contributed by atoms with van der Waals surface area (Å²) >= 11 is 0. The summed E-state index contributed by atoms with van der Waals surface area (Å²) in [6.07, 6.45) is 5.75. The Bertz CT molecular complexity index is 967. The predicted molar refractivity (Wildman–Crippen MR) is 101 cm³/mol. The lowest BCUT2D eigenvalue weighted by Gasteiger charge is -2.17. The zero-order valence-corrected chi connectivity index (χ0v) is 14.8. The van der Waals surface area contributed by atoms with Gasteiger partial charge in [0, 0.05) is 37.9 Å². The van der Waals surface area contributed by atoms with E-state index in [4.69, 9.17) is 5.26 Å². The van der Waals surface area contributed by atoms with Crippen molar-refractivity contribution in [1.29, 1.82) is 5.26 Å². The molecule has 0 saturated carbocycles. The molecule has 3 aromatic rings. The van der Waals surface area contributed by atoms with Gasteiger partial charge in [0.25, 0.3) is 5.91 Å². The summed E-state index contributed by atoms with van der Waals surface area (Å²) in [5.74, 6) is 0.124. The summed E-state index contributed by atoms with van der Waals surface area (Å²) in [6, 6.07) is 14.5. The lowest BCUT2D eigenvalue weighted by atomic mass is 10.2. The van der Waals surface area contributed by atoms with Crippen molar-refractivity contribution in [3.05, 3.63) is 77.9 Å².